The number of piperazine rings is 1. The van der Waals surface area contributed by atoms with Gasteiger partial charge in [0.2, 0.25) is 5.91 Å². The van der Waals surface area contributed by atoms with Gasteiger partial charge in [0.1, 0.15) is 12.4 Å². The van der Waals surface area contributed by atoms with Gasteiger partial charge in [-0.3, -0.25) is 4.79 Å². The highest BCUT2D eigenvalue weighted by Gasteiger charge is 2.34. The van der Waals surface area contributed by atoms with Crippen LogP contribution in [0.5, 0.6) is 6.01 Å². The number of nitrogens with zero attached hydrogens (tertiary/aromatic N) is 7. The van der Waals surface area contributed by atoms with Gasteiger partial charge in [-0.1, -0.05) is 68.7 Å². The Morgan fingerprint density at radius 3 is 2.57 bits per heavy atom. The molecule has 1 amide bonds. The maximum atomic E-state index is 13.1. The molecular weight excluding hydrogens is 640 g/mol. The van der Waals surface area contributed by atoms with E-state index >= 15 is 0 Å². The van der Waals surface area contributed by atoms with Crippen LogP contribution in [-0.2, 0) is 23.2 Å². The van der Waals surface area contributed by atoms with E-state index in [2.05, 4.69) is 56.4 Å². The fourth-order valence-electron chi connectivity index (χ4n) is 7.05. The molecular formula is C37H45ClN8O3. The van der Waals surface area contributed by atoms with Gasteiger partial charge in [-0.15, -0.1) is 0 Å². The van der Waals surface area contributed by atoms with Crippen LogP contribution in [0.4, 0.5) is 11.5 Å². The monoisotopic (exact) mass is 684 g/mol. The number of aromatic nitrogens is 4. The summed E-state index contributed by atoms with van der Waals surface area (Å²) in [7, 11) is 0. The van der Waals surface area contributed by atoms with Crippen LogP contribution in [-0.4, -0.2) is 82.3 Å². The van der Waals surface area contributed by atoms with Crippen LogP contribution in [0, 0.1) is 0 Å². The molecule has 4 aromatic rings. The number of carbonyl (C=O) groups excluding carboxylic acids is 1. The number of rotatable bonds is 8. The summed E-state index contributed by atoms with van der Waals surface area (Å²) in [6.07, 6.45) is 7.10. The summed E-state index contributed by atoms with van der Waals surface area (Å²) in [5.74, 6) is 1.76. The first-order valence-corrected chi connectivity index (χ1v) is 17.8. The third kappa shape index (κ3) is 6.96. The second-order valence-corrected chi connectivity index (χ2v) is 14.8. The van der Waals surface area contributed by atoms with Crippen LogP contribution >= 0.6 is 11.6 Å². The van der Waals surface area contributed by atoms with E-state index in [9.17, 15) is 4.79 Å². The molecule has 2 aromatic heterocycles. The van der Waals surface area contributed by atoms with Crippen molar-refractivity contribution in [1.82, 2.24) is 30.3 Å². The number of amides is 1. The number of halogens is 1. The Morgan fingerprint density at radius 1 is 1.06 bits per heavy atom. The standard InChI is InChI=1S/C37H45ClN8O3/c1-5-37(16-8-17-39-37)24-48-35-40-28-23-46(29-12-7-10-25-9-6-11-27(38)32(25)29)18-15-26(28)33(42-35)45-21-19-44(20-22-45)31(47)14-13-30-41-34(43-49-30)36(2,3)4/h6-7,9-14,39H,5,8,15-24H2,1-4H3/b14-13+. The lowest BCUT2D eigenvalue weighted by molar-refractivity contribution is -0.126. The number of benzene rings is 2. The second-order valence-electron chi connectivity index (χ2n) is 14.3. The third-order valence-corrected chi connectivity index (χ3v) is 10.4. The summed E-state index contributed by atoms with van der Waals surface area (Å²) < 4.78 is 11.8. The van der Waals surface area contributed by atoms with Crippen LogP contribution in [0.15, 0.2) is 47.0 Å². The molecule has 1 N–H and O–H groups in total. The molecule has 7 rings (SSSR count). The van der Waals surface area contributed by atoms with Gasteiger partial charge in [-0.25, -0.2) is 0 Å². The molecule has 1 unspecified atom stereocenters. The Bertz CT molecular complexity index is 1850. The molecule has 0 bridgehead atoms. The molecule has 3 aliphatic heterocycles. The molecule has 258 valence electrons. The lowest BCUT2D eigenvalue weighted by atomic mass is 9.95. The van der Waals surface area contributed by atoms with Gasteiger partial charge < -0.3 is 29.3 Å². The van der Waals surface area contributed by atoms with Crippen LogP contribution in [0.2, 0.25) is 5.02 Å². The highest BCUT2D eigenvalue weighted by atomic mass is 35.5. The zero-order valence-electron chi connectivity index (χ0n) is 28.8. The number of fused-ring (bicyclic) bond motifs is 2. The van der Waals surface area contributed by atoms with E-state index in [4.69, 9.17) is 30.8 Å². The molecule has 2 aromatic carbocycles. The van der Waals surface area contributed by atoms with Gasteiger partial charge in [0.15, 0.2) is 5.82 Å². The minimum atomic E-state index is -0.228. The lowest BCUT2D eigenvalue weighted by Gasteiger charge is -2.38. The molecule has 11 nitrogen and oxygen atoms in total. The predicted molar refractivity (Wildman–Crippen MR) is 192 cm³/mol. The first-order valence-electron chi connectivity index (χ1n) is 17.4. The average Bonchev–Trinajstić information content (AvgIpc) is 3.80. The normalized spacial score (nSPS) is 20.0. The molecule has 2 fully saturated rings. The Labute approximate surface area is 292 Å². The number of ether oxygens (including phenoxy) is 1. The SMILES string of the molecule is CCC1(COc2nc3c(c(N4CCN(C(=O)/C=C/c5nc(C(C)(C)C)no5)CC4)n2)CCN(c2cccc4cccc(Cl)c24)C3)CCCN1. The fourth-order valence-corrected chi connectivity index (χ4v) is 7.33. The van der Waals surface area contributed by atoms with Gasteiger partial charge in [-0.2, -0.15) is 15.0 Å². The molecule has 3 aliphatic rings. The molecule has 12 heteroatoms. The van der Waals surface area contributed by atoms with E-state index in [1.165, 1.54) is 6.08 Å². The Kier molecular flexibility index (Phi) is 9.23. The van der Waals surface area contributed by atoms with E-state index in [1.807, 2.05) is 37.8 Å². The van der Waals surface area contributed by atoms with Crippen LogP contribution in [0.1, 0.15) is 69.9 Å². The zero-order chi connectivity index (χ0) is 34.2. The number of carbonyl (C=O) groups is 1. The predicted octanol–water partition coefficient (Wildman–Crippen LogP) is 5.80. The molecule has 0 aliphatic carbocycles. The summed E-state index contributed by atoms with van der Waals surface area (Å²) in [5.41, 5.74) is 2.93. The lowest BCUT2D eigenvalue weighted by Crippen LogP contribution is -2.49. The summed E-state index contributed by atoms with van der Waals surface area (Å²) in [6, 6.07) is 12.8. The highest BCUT2D eigenvalue weighted by Crippen LogP contribution is 2.37. The highest BCUT2D eigenvalue weighted by molar-refractivity contribution is 6.36. The van der Waals surface area contributed by atoms with Crippen molar-refractivity contribution in [3.05, 3.63) is 70.5 Å². The first kappa shape index (κ1) is 33.3. The fraction of sp³-hybridized carbons (Fsp3) is 0.486. The van der Waals surface area contributed by atoms with Crippen molar-refractivity contribution in [3.63, 3.8) is 0 Å². The maximum absolute atomic E-state index is 13.1. The molecule has 5 heterocycles. The van der Waals surface area contributed by atoms with Gasteiger partial charge in [0.25, 0.3) is 5.89 Å². The van der Waals surface area contributed by atoms with Crippen molar-refractivity contribution < 1.29 is 14.1 Å². The zero-order valence-corrected chi connectivity index (χ0v) is 29.6. The topological polar surface area (TPSA) is 113 Å². The van der Waals surface area contributed by atoms with E-state index in [0.29, 0.717) is 57.1 Å². The van der Waals surface area contributed by atoms with Crippen molar-refractivity contribution >= 4 is 45.9 Å². The van der Waals surface area contributed by atoms with Gasteiger partial charge >= 0.3 is 6.01 Å². The van der Waals surface area contributed by atoms with Crippen molar-refractivity contribution in [3.8, 4) is 6.01 Å². The summed E-state index contributed by atoms with van der Waals surface area (Å²) >= 11 is 6.74. The molecule has 49 heavy (non-hydrogen) atoms. The maximum Gasteiger partial charge on any atom is 0.318 e. The number of hydrogen-bond donors (Lipinski definition) is 1. The van der Waals surface area contributed by atoms with E-state index < -0.39 is 0 Å². The van der Waals surface area contributed by atoms with Crippen molar-refractivity contribution in [2.45, 2.75) is 70.9 Å². The van der Waals surface area contributed by atoms with E-state index in [0.717, 1.165) is 77.3 Å². The van der Waals surface area contributed by atoms with Crippen molar-refractivity contribution in [1.29, 1.82) is 0 Å². The largest absolute Gasteiger partial charge is 0.461 e. The minimum Gasteiger partial charge on any atom is -0.461 e. The van der Waals surface area contributed by atoms with Crippen molar-refractivity contribution in [2.75, 3.05) is 55.7 Å². The molecule has 2 saturated heterocycles. The molecule has 0 radical (unpaired) electrons. The third-order valence-electron chi connectivity index (χ3n) is 10.1. The number of nitrogens with one attached hydrogen (secondary N) is 1. The quantitative estimate of drug-likeness (QED) is 0.229. The second kappa shape index (κ2) is 13.6. The average molecular weight is 685 g/mol. The van der Waals surface area contributed by atoms with Gasteiger partial charge in [-0.05, 0) is 49.7 Å². The number of hydrogen-bond acceptors (Lipinski definition) is 10. The summed E-state index contributed by atoms with van der Waals surface area (Å²) in [4.78, 5) is 34.1. The first-order chi connectivity index (χ1) is 23.6. The van der Waals surface area contributed by atoms with Gasteiger partial charge in [0, 0.05) is 66.9 Å². The van der Waals surface area contributed by atoms with Crippen LogP contribution in [0.25, 0.3) is 16.8 Å². The van der Waals surface area contributed by atoms with Crippen LogP contribution in [0.3, 0.4) is 0 Å². The molecule has 1 atom stereocenters. The Morgan fingerprint density at radius 2 is 1.86 bits per heavy atom. The van der Waals surface area contributed by atoms with E-state index in [-0.39, 0.29) is 16.9 Å². The Hall–Kier alpha value is -4.22. The molecule has 0 spiro atoms. The summed E-state index contributed by atoms with van der Waals surface area (Å²) in [6.45, 7) is 13.7. The minimum absolute atomic E-state index is 0.0553. The number of anilines is 2. The smallest absolute Gasteiger partial charge is 0.318 e. The summed E-state index contributed by atoms with van der Waals surface area (Å²) in [5, 5.41) is 10.6. The Balaban J connectivity index is 1.11. The molecule has 0 saturated carbocycles. The van der Waals surface area contributed by atoms with E-state index in [1.54, 1.807) is 6.08 Å². The van der Waals surface area contributed by atoms with Crippen molar-refractivity contribution in [2.24, 2.45) is 0 Å². The van der Waals surface area contributed by atoms with Gasteiger partial charge in [0.05, 0.1) is 22.8 Å². The van der Waals surface area contributed by atoms with Crippen LogP contribution < -0.4 is 19.9 Å².